The predicted octanol–water partition coefficient (Wildman–Crippen LogP) is 1.14. The Labute approximate surface area is 116 Å². The van der Waals surface area contributed by atoms with Crippen LogP contribution in [0.3, 0.4) is 0 Å². The summed E-state index contributed by atoms with van der Waals surface area (Å²) in [5, 5.41) is 2.74. The number of phosphoric acid groups is 1. The fraction of sp³-hybridized carbons (Fsp3) is 0.364. The maximum atomic E-state index is 11.2. The second kappa shape index (κ2) is 7.55. The first kappa shape index (κ1) is 16.0. The fourth-order valence-electron chi connectivity index (χ4n) is 1.39. The molecule has 1 rings (SSSR count). The molecule has 0 bridgehead atoms. The molecular weight excluding hydrogens is 289 g/mol. The number of hydrogen-bond acceptors (Lipinski definition) is 4. The van der Waals surface area contributed by atoms with Crippen LogP contribution in [0.5, 0.6) is 5.75 Å². The fourth-order valence-corrected chi connectivity index (χ4v) is 1.99. The van der Waals surface area contributed by atoms with Gasteiger partial charge in [-0.1, -0.05) is 12.1 Å². The quantitative estimate of drug-likeness (QED) is 0.447. The van der Waals surface area contributed by atoms with Gasteiger partial charge in [-0.3, -0.25) is 14.6 Å². The summed E-state index contributed by atoms with van der Waals surface area (Å²) in [5.41, 5.74) is 0.934. The first-order valence-corrected chi connectivity index (χ1v) is 7.78. The van der Waals surface area contributed by atoms with Crippen LogP contribution in [0.2, 0.25) is 0 Å². The summed E-state index contributed by atoms with van der Waals surface area (Å²) in [6.07, 6.45) is 1.02. The largest absolute Gasteiger partial charge is 0.524 e. The number of carbonyl (C=O) groups is 1. The van der Waals surface area contributed by atoms with Gasteiger partial charge in [0.15, 0.2) is 0 Å². The van der Waals surface area contributed by atoms with Gasteiger partial charge < -0.3 is 9.84 Å². The maximum absolute atomic E-state index is 11.2. The molecule has 8 heteroatoms. The van der Waals surface area contributed by atoms with Crippen molar-refractivity contribution in [2.45, 2.75) is 12.8 Å². The van der Waals surface area contributed by atoms with Crippen molar-refractivity contribution in [1.29, 1.82) is 0 Å². The van der Waals surface area contributed by atoms with Gasteiger partial charge >= 0.3 is 7.82 Å². The maximum Gasteiger partial charge on any atom is 0.524 e. The van der Waals surface area contributed by atoms with E-state index in [1.807, 2.05) is 0 Å². The van der Waals surface area contributed by atoms with E-state index >= 15 is 0 Å². The van der Waals surface area contributed by atoms with E-state index in [0.29, 0.717) is 25.1 Å². The molecule has 0 atom stereocenters. The Balaban J connectivity index is 2.40. The lowest BCUT2D eigenvalue weighted by Crippen LogP contribution is -2.25. The zero-order chi connectivity index (χ0) is 14.3. The summed E-state index contributed by atoms with van der Waals surface area (Å²) < 4.78 is 15.0. The molecule has 0 fully saturated rings. The zero-order valence-corrected chi connectivity index (χ0v) is 11.9. The first-order chi connectivity index (χ1) is 8.90. The lowest BCUT2D eigenvalue weighted by molar-refractivity contribution is -0.120. The van der Waals surface area contributed by atoms with Crippen LogP contribution >= 0.6 is 20.5 Å². The summed E-state index contributed by atoms with van der Waals surface area (Å²) in [7, 11) is -4.51. The van der Waals surface area contributed by atoms with Crippen molar-refractivity contribution in [3.05, 3.63) is 29.8 Å². The molecule has 0 aliphatic heterocycles. The molecule has 1 aromatic rings. The van der Waals surface area contributed by atoms with Gasteiger partial charge in [0.2, 0.25) is 5.91 Å². The van der Waals surface area contributed by atoms with Crippen LogP contribution in [0, 0.1) is 0 Å². The van der Waals surface area contributed by atoms with Crippen molar-refractivity contribution < 1.29 is 23.7 Å². The van der Waals surface area contributed by atoms with Gasteiger partial charge in [-0.15, -0.1) is 0 Å². The predicted molar refractivity (Wildman–Crippen MR) is 74.3 cm³/mol. The molecule has 0 aliphatic carbocycles. The third-order valence-electron chi connectivity index (χ3n) is 2.22. The number of thiol groups is 1. The van der Waals surface area contributed by atoms with Crippen LogP contribution in [-0.2, 0) is 15.8 Å². The molecule has 6 nitrogen and oxygen atoms in total. The van der Waals surface area contributed by atoms with Gasteiger partial charge in [-0.05, 0) is 29.9 Å². The number of rotatable bonds is 7. The first-order valence-electron chi connectivity index (χ1n) is 5.62. The minimum absolute atomic E-state index is 0.0450. The summed E-state index contributed by atoms with van der Waals surface area (Å²) in [6.45, 7) is 0.505. The minimum Gasteiger partial charge on any atom is -0.404 e. The van der Waals surface area contributed by atoms with E-state index in [1.54, 1.807) is 12.1 Å². The molecule has 0 saturated carbocycles. The van der Waals surface area contributed by atoms with Gasteiger partial charge in [-0.25, -0.2) is 4.57 Å². The van der Waals surface area contributed by atoms with Crippen LogP contribution in [-0.4, -0.2) is 28.0 Å². The topological polar surface area (TPSA) is 95.9 Å². The van der Waals surface area contributed by atoms with Crippen LogP contribution < -0.4 is 9.84 Å². The van der Waals surface area contributed by atoms with Gasteiger partial charge in [0, 0.05) is 13.0 Å². The number of phosphoric ester groups is 1. The normalized spacial score (nSPS) is 11.1. The van der Waals surface area contributed by atoms with Crippen LogP contribution in [0.4, 0.5) is 0 Å². The van der Waals surface area contributed by atoms with E-state index < -0.39 is 7.82 Å². The highest BCUT2D eigenvalue weighted by atomic mass is 32.1. The Morgan fingerprint density at radius 3 is 2.47 bits per heavy atom. The van der Waals surface area contributed by atoms with E-state index in [0.717, 1.165) is 5.56 Å². The Morgan fingerprint density at radius 1 is 1.32 bits per heavy atom. The molecule has 0 saturated heterocycles. The van der Waals surface area contributed by atoms with Gasteiger partial charge in [0.1, 0.15) is 5.75 Å². The number of nitrogens with one attached hydrogen (secondary N) is 1. The second-order valence-corrected chi connectivity index (χ2v) is 5.41. The van der Waals surface area contributed by atoms with Gasteiger partial charge in [0.25, 0.3) is 0 Å². The number of carbonyl (C=O) groups excluding carboxylic acids is 1. The summed E-state index contributed by atoms with van der Waals surface area (Å²) in [4.78, 5) is 28.4. The van der Waals surface area contributed by atoms with E-state index in [9.17, 15) is 9.36 Å². The Kier molecular flexibility index (Phi) is 6.37. The van der Waals surface area contributed by atoms with Crippen LogP contribution in [0.25, 0.3) is 0 Å². The highest BCUT2D eigenvalue weighted by Crippen LogP contribution is 2.37. The van der Waals surface area contributed by atoms with Crippen molar-refractivity contribution in [2.24, 2.45) is 0 Å². The zero-order valence-electron chi connectivity index (χ0n) is 10.2. The molecule has 106 valence electrons. The SMILES string of the molecule is O=C(CCS)NCCc1ccc(OP(=O)(O)O)cc1. The van der Waals surface area contributed by atoms with E-state index in [4.69, 9.17) is 9.79 Å². The molecule has 19 heavy (non-hydrogen) atoms. The lowest BCUT2D eigenvalue weighted by Gasteiger charge is -2.08. The van der Waals surface area contributed by atoms with Gasteiger partial charge in [0.05, 0.1) is 0 Å². The molecular formula is C11H16NO5PS. The van der Waals surface area contributed by atoms with Crippen LogP contribution in [0.1, 0.15) is 12.0 Å². The molecule has 3 N–H and O–H groups in total. The molecule has 0 radical (unpaired) electrons. The van der Waals surface area contributed by atoms with Crippen molar-refractivity contribution in [3.8, 4) is 5.75 Å². The molecule has 0 aliphatic rings. The Bertz CT molecular complexity index is 459. The molecule has 1 aromatic carbocycles. The van der Waals surface area contributed by atoms with Crippen molar-refractivity contribution in [3.63, 3.8) is 0 Å². The summed E-state index contributed by atoms with van der Waals surface area (Å²) in [6, 6.07) is 6.33. The number of amides is 1. The summed E-state index contributed by atoms with van der Waals surface area (Å²) >= 11 is 3.96. The summed E-state index contributed by atoms with van der Waals surface area (Å²) in [5.74, 6) is 0.577. The number of benzene rings is 1. The smallest absolute Gasteiger partial charge is 0.404 e. The van der Waals surface area contributed by atoms with E-state index in [1.165, 1.54) is 12.1 Å². The number of hydrogen-bond donors (Lipinski definition) is 4. The van der Waals surface area contributed by atoms with Crippen LogP contribution in [0.15, 0.2) is 24.3 Å². The standard InChI is InChI=1S/C11H16NO5PS/c13-11(6-8-19)12-7-5-9-1-3-10(4-2-9)17-18(14,15)16/h1-4,19H,5-8H2,(H,12,13)(H2,14,15,16). The third kappa shape index (κ3) is 7.22. The molecule has 0 spiro atoms. The molecule has 1 amide bonds. The minimum atomic E-state index is -4.51. The highest BCUT2D eigenvalue weighted by molar-refractivity contribution is 7.80. The molecule has 0 heterocycles. The van der Waals surface area contributed by atoms with E-state index in [-0.39, 0.29) is 11.7 Å². The Hall–Kier alpha value is -1.01. The molecule has 0 unspecified atom stereocenters. The average Bonchev–Trinajstić information content (AvgIpc) is 2.30. The van der Waals surface area contributed by atoms with Crippen molar-refractivity contribution >= 4 is 26.4 Å². The second-order valence-electron chi connectivity index (χ2n) is 3.80. The van der Waals surface area contributed by atoms with Gasteiger partial charge in [-0.2, -0.15) is 12.6 Å². The lowest BCUT2D eigenvalue weighted by atomic mass is 10.1. The van der Waals surface area contributed by atoms with Crippen molar-refractivity contribution in [1.82, 2.24) is 5.32 Å². The monoisotopic (exact) mass is 305 g/mol. The molecule has 0 aromatic heterocycles. The average molecular weight is 305 g/mol. The third-order valence-corrected chi connectivity index (χ3v) is 2.89. The van der Waals surface area contributed by atoms with Crippen molar-refractivity contribution in [2.75, 3.05) is 12.3 Å². The highest BCUT2D eigenvalue weighted by Gasteiger charge is 2.15. The Morgan fingerprint density at radius 2 is 1.95 bits per heavy atom. The van der Waals surface area contributed by atoms with E-state index in [2.05, 4.69) is 22.5 Å².